The first kappa shape index (κ1) is 17.1. The Morgan fingerprint density at radius 2 is 2.00 bits per heavy atom. The molecular formula is C18H28N2O2S. The Kier molecular flexibility index (Phi) is 4.67. The summed E-state index contributed by atoms with van der Waals surface area (Å²) in [6.45, 7) is 8.14. The summed E-state index contributed by atoms with van der Waals surface area (Å²) in [5, 5.41) is 3.46. The predicted molar refractivity (Wildman–Crippen MR) is 95.0 cm³/mol. The lowest BCUT2D eigenvalue weighted by Gasteiger charge is -2.40. The maximum atomic E-state index is 12.7. The van der Waals surface area contributed by atoms with Gasteiger partial charge in [-0.1, -0.05) is 6.07 Å². The molecule has 2 N–H and O–H groups in total. The highest BCUT2D eigenvalue weighted by molar-refractivity contribution is 7.90. The van der Waals surface area contributed by atoms with E-state index in [4.69, 9.17) is 4.74 Å². The summed E-state index contributed by atoms with van der Waals surface area (Å²) in [6, 6.07) is 6.49. The van der Waals surface area contributed by atoms with Crippen molar-refractivity contribution in [1.29, 1.82) is 0 Å². The molecule has 0 saturated carbocycles. The van der Waals surface area contributed by atoms with Crippen LogP contribution in [0.2, 0.25) is 0 Å². The molecule has 4 nitrogen and oxygen atoms in total. The molecule has 2 atom stereocenters. The van der Waals surface area contributed by atoms with Crippen molar-refractivity contribution < 1.29 is 9.29 Å². The molecule has 5 heteroatoms. The van der Waals surface area contributed by atoms with Crippen molar-refractivity contribution in [2.75, 3.05) is 20.2 Å². The second-order valence-electron chi connectivity index (χ2n) is 7.79. The van der Waals surface area contributed by atoms with Crippen LogP contribution in [0.3, 0.4) is 0 Å². The smallest absolute Gasteiger partial charge is 0.136 e. The Labute approximate surface area is 142 Å². The van der Waals surface area contributed by atoms with Gasteiger partial charge in [-0.05, 0) is 76.4 Å². The Morgan fingerprint density at radius 1 is 1.30 bits per heavy atom. The van der Waals surface area contributed by atoms with Crippen LogP contribution in [0.25, 0.3) is 0 Å². The van der Waals surface area contributed by atoms with Gasteiger partial charge in [-0.3, -0.25) is 0 Å². The molecule has 0 unspecified atom stereocenters. The molecule has 1 spiro atoms. The van der Waals surface area contributed by atoms with E-state index in [0.717, 1.165) is 38.1 Å². The number of piperidine rings is 1. The molecule has 128 valence electrons. The van der Waals surface area contributed by atoms with Gasteiger partial charge >= 0.3 is 0 Å². The van der Waals surface area contributed by atoms with E-state index in [1.54, 1.807) is 7.11 Å². The summed E-state index contributed by atoms with van der Waals surface area (Å²) >= 11 is -1.07. The van der Waals surface area contributed by atoms with E-state index in [9.17, 15) is 4.55 Å². The van der Waals surface area contributed by atoms with Gasteiger partial charge in [-0.15, -0.1) is 4.72 Å². The number of ether oxygens (including phenoxy) is 1. The number of benzene rings is 1. The molecule has 2 aliphatic rings. The Morgan fingerprint density at radius 3 is 2.61 bits per heavy atom. The maximum absolute atomic E-state index is 12.7. The third-order valence-corrected chi connectivity index (χ3v) is 6.76. The first-order valence-electron chi connectivity index (χ1n) is 8.41. The zero-order valence-electron chi connectivity index (χ0n) is 14.6. The normalized spacial score (nSPS) is 24.5. The molecule has 3 rings (SSSR count). The van der Waals surface area contributed by atoms with E-state index in [1.165, 1.54) is 11.1 Å². The van der Waals surface area contributed by atoms with E-state index >= 15 is 0 Å². The Balaban J connectivity index is 1.94. The van der Waals surface area contributed by atoms with Crippen LogP contribution in [0.1, 0.15) is 50.8 Å². The highest BCUT2D eigenvalue weighted by Crippen LogP contribution is 2.52. The van der Waals surface area contributed by atoms with E-state index in [2.05, 4.69) is 22.2 Å². The van der Waals surface area contributed by atoms with Gasteiger partial charge in [-0.2, -0.15) is 0 Å². The molecule has 0 amide bonds. The number of methoxy groups -OCH3 is 1. The number of nitrogens with one attached hydrogen (secondary N) is 2. The lowest BCUT2D eigenvalue weighted by atomic mass is 9.73. The lowest BCUT2D eigenvalue weighted by molar-refractivity contribution is 0.163. The highest BCUT2D eigenvalue weighted by atomic mass is 32.2. The summed E-state index contributed by atoms with van der Waals surface area (Å²) in [5.74, 6) is 0.908. The average molecular weight is 337 g/mol. The SMILES string of the molecule is COc1ccc2c(c1)CC1(CCNCC1)[C@@H]2N[S@+]([O-])C(C)(C)C. The minimum atomic E-state index is -1.07. The van der Waals surface area contributed by atoms with Crippen LogP contribution in [0, 0.1) is 5.41 Å². The molecule has 0 radical (unpaired) electrons. The molecular weight excluding hydrogens is 308 g/mol. The van der Waals surface area contributed by atoms with Gasteiger partial charge in [-0.25, -0.2) is 0 Å². The van der Waals surface area contributed by atoms with Gasteiger partial charge in [0, 0.05) is 16.8 Å². The van der Waals surface area contributed by atoms with E-state index in [1.807, 2.05) is 26.8 Å². The molecule has 1 heterocycles. The molecule has 0 aromatic heterocycles. The van der Waals surface area contributed by atoms with Crippen LogP contribution in [0.15, 0.2) is 18.2 Å². The first-order valence-corrected chi connectivity index (χ1v) is 9.56. The van der Waals surface area contributed by atoms with Gasteiger partial charge in [0.15, 0.2) is 0 Å². The van der Waals surface area contributed by atoms with Crippen molar-refractivity contribution in [1.82, 2.24) is 10.0 Å². The van der Waals surface area contributed by atoms with Crippen LogP contribution in [-0.2, 0) is 17.8 Å². The largest absolute Gasteiger partial charge is 0.598 e. The second kappa shape index (κ2) is 6.28. The summed E-state index contributed by atoms with van der Waals surface area (Å²) < 4.78 is 21.3. The van der Waals surface area contributed by atoms with E-state index in [-0.39, 0.29) is 16.2 Å². The van der Waals surface area contributed by atoms with Crippen LogP contribution in [0.5, 0.6) is 5.75 Å². The van der Waals surface area contributed by atoms with E-state index in [0.29, 0.717) is 0 Å². The minimum absolute atomic E-state index is 0.158. The lowest BCUT2D eigenvalue weighted by Crippen LogP contribution is -2.48. The topological polar surface area (TPSA) is 56.3 Å². The van der Waals surface area contributed by atoms with Crippen molar-refractivity contribution in [3.63, 3.8) is 0 Å². The van der Waals surface area contributed by atoms with Crippen LogP contribution < -0.4 is 14.8 Å². The monoisotopic (exact) mass is 336 g/mol. The average Bonchev–Trinajstić information content (AvgIpc) is 2.79. The fourth-order valence-corrected chi connectivity index (χ4v) is 4.76. The summed E-state index contributed by atoms with van der Waals surface area (Å²) in [5.41, 5.74) is 2.81. The van der Waals surface area contributed by atoms with Crippen molar-refractivity contribution >= 4 is 11.4 Å². The first-order chi connectivity index (χ1) is 10.9. The third-order valence-electron chi connectivity index (χ3n) is 5.20. The number of hydrogen-bond donors (Lipinski definition) is 2. The van der Waals surface area contributed by atoms with Gasteiger partial charge in [0.05, 0.1) is 13.2 Å². The zero-order valence-corrected chi connectivity index (χ0v) is 15.4. The maximum Gasteiger partial charge on any atom is 0.136 e. The number of fused-ring (bicyclic) bond motifs is 1. The van der Waals surface area contributed by atoms with Crippen molar-refractivity contribution in [2.24, 2.45) is 5.41 Å². The minimum Gasteiger partial charge on any atom is -0.598 e. The predicted octanol–water partition coefficient (Wildman–Crippen LogP) is 2.71. The van der Waals surface area contributed by atoms with Crippen molar-refractivity contribution in [3.8, 4) is 5.75 Å². The molecule has 1 aliphatic heterocycles. The number of rotatable bonds is 3. The fourth-order valence-electron chi connectivity index (χ4n) is 3.82. The van der Waals surface area contributed by atoms with Gasteiger partial charge in [0.1, 0.15) is 10.5 Å². The molecule has 1 aromatic carbocycles. The molecule has 0 bridgehead atoms. The van der Waals surface area contributed by atoms with E-state index < -0.39 is 11.4 Å². The van der Waals surface area contributed by atoms with Crippen molar-refractivity contribution in [3.05, 3.63) is 29.3 Å². The highest BCUT2D eigenvalue weighted by Gasteiger charge is 2.49. The Bertz CT molecular complexity index is 565. The quantitative estimate of drug-likeness (QED) is 0.834. The third kappa shape index (κ3) is 3.25. The zero-order chi connectivity index (χ0) is 16.7. The summed E-state index contributed by atoms with van der Waals surface area (Å²) in [6.07, 6.45) is 3.27. The Hall–Kier alpha value is -0.750. The summed E-state index contributed by atoms with van der Waals surface area (Å²) in [4.78, 5) is 0. The van der Waals surface area contributed by atoms with Gasteiger partial charge in [0.25, 0.3) is 0 Å². The molecule has 1 fully saturated rings. The number of hydrogen-bond acceptors (Lipinski definition) is 4. The molecule has 1 aliphatic carbocycles. The van der Waals surface area contributed by atoms with Gasteiger partial charge in [0.2, 0.25) is 0 Å². The van der Waals surface area contributed by atoms with Crippen LogP contribution >= 0.6 is 0 Å². The van der Waals surface area contributed by atoms with Gasteiger partial charge < -0.3 is 14.6 Å². The van der Waals surface area contributed by atoms with Crippen molar-refractivity contribution in [2.45, 2.75) is 50.8 Å². The van der Waals surface area contributed by atoms with Crippen LogP contribution in [-0.4, -0.2) is 29.5 Å². The molecule has 1 aromatic rings. The fraction of sp³-hybridized carbons (Fsp3) is 0.667. The molecule has 23 heavy (non-hydrogen) atoms. The summed E-state index contributed by atoms with van der Waals surface area (Å²) in [7, 11) is 1.71. The molecule has 1 saturated heterocycles. The standard InChI is InChI=1S/C18H28N2O2S/c1-17(2,3)23(21)20-16-15-6-5-14(22-4)11-13(15)12-18(16)7-9-19-10-8-18/h5-6,11,16,19-20H,7-10,12H2,1-4H3/t16-,23-/m1/s1. The van der Waals surface area contributed by atoms with Crippen LogP contribution in [0.4, 0.5) is 0 Å². The second-order valence-corrected chi connectivity index (χ2v) is 9.78.